The van der Waals surface area contributed by atoms with Gasteiger partial charge in [0.25, 0.3) is 0 Å². The summed E-state index contributed by atoms with van der Waals surface area (Å²) in [5.41, 5.74) is 1.21. The van der Waals surface area contributed by atoms with E-state index in [0.29, 0.717) is 6.61 Å². The van der Waals surface area contributed by atoms with Crippen LogP contribution in [-0.2, 0) is 16.0 Å². The first kappa shape index (κ1) is 18.8. The maximum atomic E-state index is 5.47. The van der Waals surface area contributed by atoms with E-state index in [1.807, 2.05) is 0 Å². The maximum Gasteiger partial charge on any atom is 0.187 e. The Morgan fingerprint density at radius 3 is 2.89 bits per heavy atom. The van der Waals surface area contributed by atoms with E-state index in [1.54, 1.807) is 29.8 Å². The fourth-order valence-electron chi connectivity index (χ4n) is 3.37. The normalized spacial score (nSPS) is 16.7. The predicted octanol–water partition coefficient (Wildman–Crippen LogP) is 2.28. The Bertz CT molecular complexity index is 875. The molecule has 1 saturated heterocycles. The van der Waals surface area contributed by atoms with Crippen molar-refractivity contribution in [3.63, 3.8) is 0 Å². The van der Waals surface area contributed by atoms with Gasteiger partial charge in [-0.3, -0.25) is 0 Å². The summed E-state index contributed by atoms with van der Waals surface area (Å²) in [6, 6.07) is 4.41. The first-order valence-corrected chi connectivity index (χ1v) is 11.0. The van der Waals surface area contributed by atoms with E-state index in [1.165, 1.54) is 15.3 Å². The van der Waals surface area contributed by atoms with Crippen LogP contribution in [0.1, 0.15) is 12.7 Å². The number of fused-ring (bicyclic) bond motifs is 1. The minimum atomic E-state index is 0.174. The zero-order valence-electron chi connectivity index (χ0n) is 15.7. The number of hydrogen-bond acceptors (Lipinski definition) is 7. The van der Waals surface area contributed by atoms with Gasteiger partial charge in [-0.25, -0.2) is 9.97 Å². The number of ether oxygens (including phenoxy) is 2. The van der Waals surface area contributed by atoms with Crippen LogP contribution < -0.4 is 10.2 Å². The van der Waals surface area contributed by atoms with Crippen LogP contribution in [0.4, 0.5) is 5.82 Å². The van der Waals surface area contributed by atoms with Gasteiger partial charge in [0.2, 0.25) is 0 Å². The molecule has 0 bridgehead atoms. The summed E-state index contributed by atoms with van der Waals surface area (Å²) in [5.74, 6) is 1.81. The van der Waals surface area contributed by atoms with Crippen LogP contribution in [0, 0.1) is 0 Å². The molecule has 1 atom stereocenters. The second-order valence-electron chi connectivity index (χ2n) is 6.84. The third-order valence-corrected chi connectivity index (χ3v) is 6.45. The Kier molecular flexibility index (Phi) is 5.99. The first-order valence-electron chi connectivity index (χ1n) is 9.23. The van der Waals surface area contributed by atoms with Gasteiger partial charge in [0.05, 0.1) is 25.2 Å². The molecule has 0 unspecified atom stereocenters. The van der Waals surface area contributed by atoms with Crippen molar-refractivity contribution in [2.24, 2.45) is 0 Å². The molecule has 4 heterocycles. The second kappa shape index (κ2) is 8.62. The summed E-state index contributed by atoms with van der Waals surface area (Å²) in [7, 11) is 1.72. The highest BCUT2D eigenvalue weighted by atomic mass is 32.1. The van der Waals surface area contributed by atoms with Crippen molar-refractivity contribution in [1.82, 2.24) is 9.97 Å². The lowest BCUT2D eigenvalue weighted by Gasteiger charge is -2.23. The lowest BCUT2D eigenvalue weighted by Crippen LogP contribution is -3.12. The van der Waals surface area contributed by atoms with E-state index in [9.17, 15) is 0 Å². The molecule has 0 saturated carbocycles. The van der Waals surface area contributed by atoms with Gasteiger partial charge < -0.3 is 19.7 Å². The van der Waals surface area contributed by atoms with Crippen molar-refractivity contribution in [3.05, 3.63) is 28.7 Å². The van der Waals surface area contributed by atoms with Gasteiger partial charge in [0.15, 0.2) is 5.82 Å². The van der Waals surface area contributed by atoms with Gasteiger partial charge in [-0.05, 0) is 18.4 Å². The van der Waals surface area contributed by atoms with Crippen molar-refractivity contribution >= 4 is 38.7 Å². The van der Waals surface area contributed by atoms with Crippen molar-refractivity contribution in [2.75, 3.05) is 45.3 Å². The lowest BCUT2D eigenvalue weighted by molar-refractivity contribution is -0.922. The summed E-state index contributed by atoms with van der Waals surface area (Å²) in [6.45, 7) is 7.23. The Hall–Kier alpha value is -1.58. The molecule has 0 aromatic carbocycles. The largest absolute Gasteiger partial charge is 0.383 e. The number of quaternary nitrogens is 1. The molecule has 27 heavy (non-hydrogen) atoms. The predicted molar refractivity (Wildman–Crippen MR) is 111 cm³/mol. The van der Waals surface area contributed by atoms with Crippen molar-refractivity contribution in [2.45, 2.75) is 19.5 Å². The number of anilines is 1. The SMILES string of the molecule is COC[C@H](C)Nc1nc(C[NH+]2CCOCC2)nc2scc(-c3cccs3)c12. The number of hydrogen-bond donors (Lipinski definition) is 2. The number of aromatic nitrogens is 2. The maximum absolute atomic E-state index is 5.47. The fraction of sp³-hybridized carbons (Fsp3) is 0.474. The summed E-state index contributed by atoms with van der Waals surface area (Å²) < 4.78 is 10.8. The summed E-state index contributed by atoms with van der Waals surface area (Å²) in [4.78, 5) is 13.6. The van der Waals surface area contributed by atoms with Gasteiger partial charge in [-0.1, -0.05) is 6.07 Å². The molecule has 3 aromatic rings. The number of thiophene rings is 2. The number of rotatable bonds is 7. The number of methoxy groups -OCH3 is 1. The smallest absolute Gasteiger partial charge is 0.187 e. The van der Waals surface area contributed by atoms with Crippen LogP contribution in [0.15, 0.2) is 22.9 Å². The van der Waals surface area contributed by atoms with E-state index < -0.39 is 0 Å². The van der Waals surface area contributed by atoms with Crippen LogP contribution in [-0.4, -0.2) is 56.0 Å². The molecule has 3 aromatic heterocycles. The lowest BCUT2D eigenvalue weighted by atomic mass is 10.2. The highest BCUT2D eigenvalue weighted by molar-refractivity contribution is 7.18. The van der Waals surface area contributed by atoms with Gasteiger partial charge in [0.1, 0.15) is 30.3 Å². The molecule has 4 rings (SSSR count). The molecule has 1 aliphatic rings. The Balaban J connectivity index is 1.71. The Morgan fingerprint density at radius 1 is 1.30 bits per heavy atom. The third kappa shape index (κ3) is 4.30. The van der Waals surface area contributed by atoms with E-state index in [2.05, 4.69) is 35.1 Å². The number of morpholine rings is 1. The van der Waals surface area contributed by atoms with Gasteiger partial charge >= 0.3 is 0 Å². The quantitative estimate of drug-likeness (QED) is 0.632. The fourth-order valence-corrected chi connectivity index (χ4v) is 5.15. The molecule has 6 nitrogen and oxygen atoms in total. The molecule has 144 valence electrons. The monoisotopic (exact) mass is 405 g/mol. The zero-order chi connectivity index (χ0) is 18.6. The van der Waals surface area contributed by atoms with Gasteiger partial charge in [-0.15, -0.1) is 22.7 Å². The highest BCUT2D eigenvalue weighted by Crippen LogP contribution is 2.39. The van der Waals surface area contributed by atoms with E-state index in [4.69, 9.17) is 19.4 Å². The van der Waals surface area contributed by atoms with Crippen LogP contribution in [0.2, 0.25) is 0 Å². The Labute approximate surface area is 167 Å². The molecule has 1 aliphatic heterocycles. The highest BCUT2D eigenvalue weighted by Gasteiger charge is 2.21. The molecular weight excluding hydrogens is 380 g/mol. The second-order valence-corrected chi connectivity index (χ2v) is 8.64. The van der Waals surface area contributed by atoms with Crippen LogP contribution in [0.5, 0.6) is 0 Å². The molecule has 0 spiro atoms. The van der Waals surface area contributed by atoms with Crippen LogP contribution in [0.25, 0.3) is 20.7 Å². The topological polar surface area (TPSA) is 60.7 Å². The molecule has 0 radical (unpaired) electrons. The van der Waals surface area contributed by atoms with Crippen molar-refractivity contribution < 1.29 is 14.4 Å². The molecule has 2 N–H and O–H groups in total. The average molecular weight is 406 g/mol. The number of nitrogens with zero attached hydrogens (tertiary/aromatic N) is 2. The minimum absolute atomic E-state index is 0.174. The standard InChI is InChI=1S/C19H24N4O2S2/c1-13(11-24-2)20-18-17-14(15-4-3-9-26-15)12-27-19(17)22-16(21-18)10-23-5-7-25-8-6-23/h3-4,9,12-13H,5-8,10-11H2,1-2H3,(H,20,21,22)/p+1/t13-/m0/s1. The molecule has 0 amide bonds. The summed E-state index contributed by atoms with van der Waals surface area (Å²) >= 11 is 3.44. The van der Waals surface area contributed by atoms with Gasteiger partial charge in [0, 0.05) is 29.0 Å². The summed E-state index contributed by atoms with van der Waals surface area (Å²) in [6.07, 6.45) is 0. The van der Waals surface area contributed by atoms with Crippen molar-refractivity contribution in [1.29, 1.82) is 0 Å². The molecular formula is C19H25N4O2S2+. The van der Waals surface area contributed by atoms with Crippen LogP contribution >= 0.6 is 22.7 Å². The first-order chi connectivity index (χ1) is 13.2. The van der Waals surface area contributed by atoms with E-state index in [-0.39, 0.29) is 6.04 Å². The minimum Gasteiger partial charge on any atom is -0.383 e. The molecule has 8 heteroatoms. The van der Waals surface area contributed by atoms with E-state index >= 15 is 0 Å². The third-order valence-electron chi connectivity index (χ3n) is 4.67. The summed E-state index contributed by atoms with van der Waals surface area (Å²) in [5, 5.41) is 8.97. The molecule has 0 aliphatic carbocycles. The average Bonchev–Trinajstić information content (AvgIpc) is 3.32. The van der Waals surface area contributed by atoms with E-state index in [0.717, 1.165) is 54.7 Å². The molecule has 1 fully saturated rings. The van der Waals surface area contributed by atoms with Crippen LogP contribution in [0.3, 0.4) is 0 Å². The number of nitrogens with one attached hydrogen (secondary N) is 2. The Morgan fingerprint density at radius 2 is 2.15 bits per heavy atom. The van der Waals surface area contributed by atoms with Crippen molar-refractivity contribution in [3.8, 4) is 10.4 Å². The zero-order valence-corrected chi connectivity index (χ0v) is 17.3. The van der Waals surface area contributed by atoms with Gasteiger partial charge in [-0.2, -0.15) is 0 Å².